The van der Waals surface area contributed by atoms with E-state index in [1.165, 1.54) is 94.1 Å². The molecule has 0 fully saturated rings. The minimum Gasteiger partial charge on any atom is -0.336 e. The number of nitrogens with zero attached hydrogens (tertiary/aromatic N) is 2. The van der Waals surface area contributed by atoms with Crippen molar-refractivity contribution in [2.45, 2.75) is 6.54 Å². The quantitative estimate of drug-likeness (QED) is 0.141. The lowest BCUT2D eigenvalue weighted by Crippen LogP contribution is -2.22. The molecule has 0 unspecified atom stereocenters. The van der Waals surface area contributed by atoms with Gasteiger partial charge in [-0.1, -0.05) is 200 Å². The molecule has 0 bridgehead atoms. The largest absolute Gasteiger partial charge is 0.336 e. The highest BCUT2D eigenvalue weighted by Gasteiger charge is 2.26. The van der Waals surface area contributed by atoms with Gasteiger partial charge in [0, 0.05) is 46.1 Å². The summed E-state index contributed by atoms with van der Waals surface area (Å²) in [5.41, 5.74) is 19.1. The molecule has 0 spiro atoms. The fraction of sp³-hybridized carbons (Fsp3) is 0.0159. The van der Waals surface area contributed by atoms with Crippen molar-refractivity contribution in [3.05, 3.63) is 260 Å². The van der Waals surface area contributed by atoms with Crippen molar-refractivity contribution in [1.29, 1.82) is 0 Å². The Morgan fingerprint density at radius 3 is 1.45 bits per heavy atom. The maximum absolute atomic E-state index is 2.50. The molecule has 0 saturated heterocycles. The fourth-order valence-corrected chi connectivity index (χ4v) is 9.99. The van der Waals surface area contributed by atoms with Crippen LogP contribution in [0, 0.1) is 0 Å². The van der Waals surface area contributed by atoms with Crippen LogP contribution in [0.25, 0.3) is 77.2 Å². The Labute approximate surface area is 380 Å². The summed E-state index contributed by atoms with van der Waals surface area (Å²) >= 11 is 0. The van der Waals surface area contributed by atoms with E-state index in [4.69, 9.17) is 0 Å². The fourth-order valence-electron chi connectivity index (χ4n) is 9.99. The van der Waals surface area contributed by atoms with Crippen molar-refractivity contribution in [2.24, 2.45) is 0 Å². The molecule has 0 amide bonds. The maximum atomic E-state index is 2.50. The molecule has 2 heteroatoms. The van der Waals surface area contributed by atoms with Crippen LogP contribution in [-0.2, 0) is 6.54 Å². The molecule has 306 valence electrons. The van der Waals surface area contributed by atoms with Crippen molar-refractivity contribution in [1.82, 2.24) is 0 Å². The zero-order valence-corrected chi connectivity index (χ0v) is 35.9. The summed E-state index contributed by atoms with van der Waals surface area (Å²) in [6, 6.07) is 93.0. The molecule has 65 heavy (non-hydrogen) atoms. The van der Waals surface area contributed by atoms with Gasteiger partial charge in [-0.25, -0.2) is 0 Å². The van der Waals surface area contributed by atoms with E-state index < -0.39 is 0 Å². The lowest BCUT2D eigenvalue weighted by Gasteiger charge is -2.34. The Bertz CT molecular complexity index is 3500. The number of hydrogen-bond donors (Lipinski definition) is 0. The SMILES string of the molecule is c1ccc(-c2ccc(N(c3ccc(-c4cc5ccccc5c5ccccc45)cc3)c3ccc(-c4ccccc4N4Cc5ccccc5-c5ccccc54)c(-c4ccccc4)c3)cc2)cc1. The topological polar surface area (TPSA) is 6.48 Å². The Hall–Kier alpha value is -8.46. The van der Waals surface area contributed by atoms with Crippen LogP contribution in [0.1, 0.15) is 5.56 Å². The van der Waals surface area contributed by atoms with Crippen molar-refractivity contribution < 1.29 is 0 Å². The zero-order chi connectivity index (χ0) is 43.1. The smallest absolute Gasteiger partial charge is 0.0493 e. The standard InChI is InChI=1S/C63H44N2/c1-3-17-44(18-4-1)45-31-35-50(36-32-45)65(51-37-33-47(34-38-51)60-41-48-21-7-9-23-53(48)55-25-11-12-26-56(55)60)52-39-40-57(61(42-52)46-19-5-2-6-20-46)59-28-14-16-30-63(59)64-43-49-22-8-10-24-54(49)58-27-13-15-29-62(58)64/h1-42H,43H2. The first-order chi connectivity index (χ1) is 32.2. The molecule has 0 aliphatic carbocycles. The average Bonchev–Trinajstić information content (AvgIpc) is 3.39. The van der Waals surface area contributed by atoms with E-state index >= 15 is 0 Å². The number of fused-ring (bicyclic) bond motifs is 6. The van der Waals surface area contributed by atoms with Crippen molar-refractivity contribution >= 4 is 50.0 Å². The van der Waals surface area contributed by atoms with Crippen molar-refractivity contribution in [2.75, 3.05) is 9.80 Å². The molecule has 11 aromatic carbocycles. The number of hydrogen-bond acceptors (Lipinski definition) is 2. The van der Waals surface area contributed by atoms with Crippen LogP contribution in [0.15, 0.2) is 255 Å². The molecule has 2 nitrogen and oxygen atoms in total. The van der Waals surface area contributed by atoms with Gasteiger partial charge in [-0.3, -0.25) is 0 Å². The monoisotopic (exact) mass is 828 g/mol. The number of rotatable bonds is 8. The highest BCUT2D eigenvalue weighted by atomic mass is 15.2. The van der Waals surface area contributed by atoms with E-state index in [1.54, 1.807) is 0 Å². The Morgan fingerprint density at radius 2 is 0.754 bits per heavy atom. The summed E-state index contributed by atoms with van der Waals surface area (Å²) in [7, 11) is 0. The second kappa shape index (κ2) is 16.3. The molecule has 1 heterocycles. The van der Waals surface area contributed by atoms with E-state index in [2.05, 4.69) is 265 Å². The van der Waals surface area contributed by atoms with Gasteiger partial charge in [0.05, 0.1) is 0 Å². The number of para-hydroxylation sites is 2. The summed E-state index contributed by atoms with van der Waals surface area (Å²) in [4.78, 5) is 4.90. The maximum Gasteiger partial charge on any atom is 0.0493 e. The average molecular weight is 829 g/mol. The Morgan fingerprint density at radius 1 is 0.277 bits per heavy atom. The first-order valence-electron chi connectivity index (χ1n) is 22.5. The Balaban J connectivity index is 1.01. The minimum atomic E-state index is 0.792. The molecule has 1 aliphatic rings. The molecule has 12 rings (SSSR count). The molecular weight excluding hydrogens is 785 g/mol. The van der Waals surface area contributed by atoms with Crippen molar-refractivity contribution in [3.8, 4) is 55.6 Å². The number of benzene rings is 11. The van der Waals surface area contributed by atoms with Crippen LogP contribution in [-0.4, -0.2) is 0 Å². The van der Waals surface area contributed by atoms with Crippen LogP contribution >= 0.6 is 0 Å². The van der Waals surface area contributed by atoms with Gasteiger partial charge in [-0.05, 0) is 126 Å². The first-order valence-corrected chi connectivity index (χ1v) is 22.5. The van der Waals surface area contributed by atoms with Gasteiger partial charge in [-0.15, -0.1) is 0 Å². The minimum absolute atomic E-state index is 0.792. The van der Waals surface area contributed by atoms with E-state index in [0.717, 1.165) is 23.6 Å². The van der Waals surface area contributed by atoms with E-state index in [9.17, 15) is 0 Å². The van der Waals surface area contributed by atoms with Crippen molar-refractivity contribution in [3.63, 3.8) is 0 Å². The molecule has 0 aromatic heterocycles. The van der Waals surface area contributed by atoms with Crippen LogP contribution < -0.4 is 9.80 Å². The first kappa shape index (κ1) is 38.2. The van der Waals surface area contributed by atoms with E-state index in [-0.39, 0.29) is 0 Å². The summed E-state index contributed by atoms with van der Waals surface area (Å²) in [5.74, 6) is 0. The van der Waals surface area contributed by atoms with Gasteiger partial charge in [0.1, 0.15) is 0 Å². The predicted molar refractivity (Wildman–Crippen MR) is 276 cm³/mol. The van der Waals surface area contributed by atoms with Crippen LogP contribution in [0.5, 0.6) is 0 Å². The normalized spacial score (nSPS) is 11.9. The highest BCUT2D eigenvalue weighted by molar-refractivity contribution is 6.13. The van der Waals surface area contributed by atoms with E-state index in [1.807, 2.05) is 0 Å². The molecular formula is C63H44N2. The van der Waals surface area contributed by atoms with Gasteiger partial charge >= 0.3 is 0 Å². The second-order valence-electron chi connectivity index (χ2n) is 16.9. The summed E-state index contributed by atoms with van der Waals surface area (Å²) in [5, 5.41) is 5.05. The third-order valence-electron chi connectivity index (χ3n) is 13.1. The molecule has 0 radical (unpaired) electrons. The third kappa shape index (κ3) is 6.93. The predicted octanol–water partition coefficient (Wildman–Crippen LogP) is 17.4. The lowest BCUT2D eigenvalue weighted by molar-refractivity contribution is 0.962. The number of anilines is 5. The Kier molecular flexibility index (Phi) is 9.61. The lowest BCUT2D eigenvalue weighted by atomic mass is 9.90. The summed E-state index contributed by atoms with van der Waals surface area (Å²) in [6.45, 7) is 0.792. The third-order valence-corrected chi connectivity index (χ3v) is 13.1. The van der Waals surface area contributed by atoms with Gasteiger partial charge in [0.15, 0.2) is 0 Å². The van der Waals surface area contributed by atoms with Crippen LogP contribution in [0.2, 0.25) is 0 Å². The van der Waals surface area contributed by atoms with Gasteiger partial charge in [-0.2, -0.15) is 0 Å². The van der Waals surface area contributed by atoms with Gasteiger partial charge < -0.3 is 9.80 Å². The van der Waals surface area contributed by atoms with E-state index in [0.29, 0.717) is 0 Å². The summed E-state index contributed by atoms with van der Waals surface area (Å²) in [6.07, 6.45) is 0. The van der Waals surface area contributed by atoms with Crippen LogP contribution in [0.4, 0.5) is 28.4 Å². The second-order valence-corrected chi connectivity index (χ2v) is 16.9. The molecule has 0 N–H and O–H groups in total. The molecule has 0 atom stereocenters. The van der Waals surface area contributed by atoms with Gasteiger partial charge in [0.25, 0.3) is 0 Å². The molecule has 11 aromatic rings. The molecule has 1 aliphatic heterocycles. The van der Waals surface area contributed by atoms with Crippen LogP contribution in [0.3, 0.4) is 0 Å². The highest BCUT2D eigenvalue weighted by Crippen LogP contribution is 2.48. The van der Waals surface area contributed by atoms with Gasteiger partial charge in [0.2, 0.25) is 0 Å². The summed E-state index contributed by atoms with van der Waals surface area (Å²) < 4.78 is 0. The zero-order valence-electron chi connectivity index (χ0n) is 35.9. The molecule has 0 saturated carbocycles.